The fourth-order valence-corrected chi connectivity index (χ4v) is 3.98. The van der Waals surface area contributed by atoms with Gasteiger partial charge in [0.15, 0.2) is 9.84 Å². The van der Waals surface area contributed by atoms with E-state index >= 15 is 0 Å². The third kappa shape index (κ3) is 5.32. The van der Waals surface area contributed by atoms with Crippen LogP contribution in [0.3, 0.4) is 0 Å². The molecule has 10 heteroatoms. The van der Waals surface area contributed by atoms with Crippen LogP contribution in [0.5, 0.6) is 0 Å². The smallest absolute Gasteiger partial charge is 0.323 e. The fourth-order valence-electron chi connectivity index (χ4n) is 2.38. The van der Waals surface area contributed by atoms with Crippen LogP contribution in [-0.2, 0) is 20.8 Å². The zero-order valence-electron chi connectivity index (χ0n) is 14.1. The second-order valence-electron chi connectivity index (χ2n) is 6.18. The molecule has 142 valence electrons. The van der Waals surface area contributed by atoms with E-state index in [-0.39, 0.29) is 23.0 Å². The molecule has 1 N–H and O–H groups in total. The Bertz CT molecular complexity index is 876. The molecule has 1 aromatic heterocycles. The van der Waals surface area contributed by atoms with Gasteiger partial charge in [0, 0.05) is 12.4 Å². The van der Waals surface area contributed by atoms with Crippen LogP contribution in [0.25, 0.3) is 5.69 Å². The first-order chi connectivity index (χ1) is 12.0. The van der Waals surface area contributed by atoms with Crippen molar-refractivity contribution in [2.75, 3.05) is 16.8 Å². The van der Waals surface area contributed by atoms with E-state index in [0.717, 1.165) is 18.2 Å². The van der Waals surface area contributed by atoms with E-state index < -0.39 is 33.2 Å². The maximum atomic E-state index is 13.0. The molecule has 0 aliphatic carbocycles. The molecule has 0 fully saturated rings. The highest BCUT2D eigenvalue weighted by Gasteiger charge is 2.31. The average molecular weight is 389 g/mol. The van der Waals surface area contributed by atoms with Gasteiger partial charge in [-0.2, -0.15) is 18.3 Å². The number of rotatable bonds is 6. The quantitative estimate of drug-likeness (QED) is 0.824. The van der Waals surface area contributed by atoms with E-state index in [4.69, 9.17) is 0 Å². The summed E-state index contributed by atoms with van der Waals surface area (Å²) in [6, 6.07) is 4.34. The Morgan fingerprint density at radius 1 is 1.31 bits per heavy atom. The number of alkyl halides is 3. The standard InChI is InChI=1S/C16H18F3N3O3S/c1-11(2)9-26(24,25)10-15(23)21-13-8-12(16(17,18)19)4-5-14(13)22-7-3-6-20-22/h3-8,11H,9-10H2,1-2H3,(H,21,23). The topological polar surface area (TPSA) is 81.1 Å². The minimum Gasteiger partial charge on any atom is -0.323 e. The summed E-state index contributed by atoms with van der Waals surface area (Å²) in [5, 5.41) is 6.19. The van der Waals surface area contributed by atoms with Gasteiger partial charge >= 0.3 is 6.18 Å². The van der Waals surface area contributed by atoms with Crippen LogP contribution in [0, 0.1) is 5.92 Å². The fraction of sp³-hybridized carbons (Fsp3) is 0.375. The van der Waals surface area contributed by atoms with Gasteiger partial charge in [0.25, 0.3) is 0 Å². The summed E-state index contributed by atoms with van der Waals surface area (Å²) in [4.78, 5) is 12.1. The second kappa shape index (κ2) is 7.48. The van der Waals surface area contributed by atoms with Crippen LogP contribution in [0.1, 0.15) is 19.4 Å². The summed E-state index contributed by atoms with van der Waals surface area (Å²) in [6.45, 7) is 3.39. The number of anilines is 1. The van der Waals surface area contributed by atoms with Crippen molar-refractivity contribution in [1.29, 1.82) is 0 Å². The van der Waals surface area contributed by atoms with Crippen molar-refractivity contribution in [3.05, 3.63) is 42.2 Å². The van der Waals surface area contributed by atoms with Crippen molar-refractivity contribution in [2.24, 2.45) is 5.92 Å². The van der Waals surface area contributed by atoms with Gasteiger partial charge in [-0.15, -0.1) is 0 Å². The molecule has 1 heterocycles. The molecule has 0 radical (unpaired) electrons. The zero-order chi connectivity index (χ0) is 19.5. The summed E-state index contributed by atoms with van der Waals surface area (Å²) >= 11 is 0. The molecule has 6 nitrogen and oxygen atoms in total. The molecule has 1 amide bonds. The molecule has 0 unspecified atom stereocenters. The molecule has 0 atom stereocenters. The van der Waals surface area contributed by atoms with E-state index in [0.29, 0.717) is 0 Å². The van der Waals surface area contributed by atoms with Crippen LogP contribution in [-0.4, -0.2) is 35.6 Å². The number of nitrogens with one attached hydrogen (secondary N) is 1. The first-order valence-electron chi connectivity index (χ1n) is 7.69. The predicted octanol–water partition coefficient (Wildman–Crippen LogP) is 2.90. The van der Waals surface area contributed by atoms with E-state index in [1.807, 2.05) is 0 Å². The Hall–Kier alpha value is -2.36. The molecule has 1 aromatic carbocycles. The lowest BCUT2D eigenvalue weighted by Gasteiger charge is -2.15. The largest absolute Gasteiger partial charge is 0.416 e. The second-order valence-corrected chi connectivity index (χ2v) is 8.29. The summed E-state index contributed by atoms with van der Waals surface area (Å²) in [7, 11) is -3.66. The maximum Gasteiger partial charge on any atom is 0.416 e. The van der Waals surface area contributed by atoms with Gasteiger partial charge in [-0.25, -0.2) is 13.1 Å². The van der Waals surface area contributed by atoms with Gasteiger partial charge in [-0.05, 0) is 30.2 Å². The van der Waals surface area contributed by atoms with Gasteiger partial charge in [-0.1, -0.05) is 13.8 Å². The minimum atomic E-state index is -4.61. The van der Waals surface area contributed by atoms with Crippen molar-refractivity contribution < 1.29 is 26.4 Å². The number of carbonyl (C=O) groups excluding carboxylic acids is 1. The Labute approximate surface area is 148 Å². The molecule has 0 saturated heterocycles. The number of hydrogen-bond acceptors (Lipinski definition) is 4. The SMILES string of the molecule is CC(C)CS(=O)(=O)CC(=O)Nc1cc(C(F)(F)F)ccc1-n1cccn1. The Morgan fingerprint density at radius 3 is 2.54 bits per heavy atom. The van der Waals surface area contributed by atoms with E-state index in [1.54, 1.807) is 19.9 Å². The summed E-state index contributed by atoms with van der Waals surface area (Å²) in [5.41, 5.74) is -0.945. The monoisotopic (exact) mass is 389 g/mol. The molecule has 2 rings (SSSR count). The first-order valence-corrected chi connectivity index (χ1v) is 9.51. The number of sulfone groups is 1. The van der Waals surface area contributed by atoms with Crippen LogP contribution >= 0.6 is 0 Å². The van der Waals surface area contributed by atoms with Crippen molar-refractivity contribution >= 4 is 21.4 Å². The highest BCUT2D eigenvalue weighted by molar-refractivity contribution is 7.92. The number of aromatic nitrogens is 2. The Kier molecular flexibility index (Phi) is 5.74. The van der Waals surface area contributed by atoms with E-state index in [9.17, 15) is 26.4 Å². The number of benzene rings is 1. The third-order valence-corrected chi connectivity index (χ3v) is 5.16. The normalized spacial score (nSPS) is 12.4. The molecule has 26 heavy (non-hydrogen) atoms. The maximum absolute atomic E-state index is 13.0. The lowest BCUT2D eigenvalue weighted by Crippen LogP contribution is -2.27. The molecule has 0 aliphatic rings. The molecule has 0 spiro atoms. The summed E-state index contributed by atoms with van der Waals surface area (Å²) in [6.07, 6.45) is -1.68. The predicted molar refractivity (Wildman–Crippen MR) is 90.7 cm³/mol. The number of amides is 1. The number of halogens is 3. The first kappa shape index (κ1) is 20.0. The molecule has 0 aliphatic heterocycles. The number of hydrogen-bond donors (Lipinski definition) is 1. The van der Waals surface area contributed by atoms with E-state index in [1.165, 1.54) is 17.1 Å². The lowest BCUT2D eigenvalue weighted by atomic mass is 10.1. The van der Waals surface area contributed by atoms with E-state index in [2.05, 4.69) is 10.4 Å². The average Bonchev–Trinajstić information content (AvgIpc) is 2.97. The lowest BCUT2D eigenvalue weighted by molar-refractivity contribution is -0.137. The van der Waals surface area contributed by atoms with Crippen molar-refractivity contribution in [3.8, 4) is 5.69 Å². The Balaban J connectivity index is 2.32. The number of carbonyl (C=O) groups is 1. The Morgan fingerprint density at radius 2 is 2.00 bits per heavy atom. The van der Waals surface area contributed by atoms with Gasteiger partial charge in [0.05, 0.1) is 22.7 Å². The van der Waals surface area contributed by atoms with Crippen LogP contribution < -0.4 is 5.32 Å². The van der Waals surface area contributed by atoms with Crippen molar-refractivity contribution in [3.63, 3.8) is 0 Å². The third-order valence-electron chi connectivity index (χ3n) is 3.29. The van der Waals surface area contributed by atoms with Gasteiger partial charge in [0.2, 0.25) is 5.91 Å². The summed E-state index contributed by atoms with van der Waals surface area (Å²) in [5.74, 6) is -2.06. The minimum absolute atomic E-state index is 0.166. The highest BCUT2D eigenvalue weighted by atomic mass is 32.2. The molecular formula is C16H18F3N3O3S. The van der Waals surface area contributed by atoms with Crippen molar-refractivity contribution in [1.82, 2.24) is 9.78 Å². The van der Waals surface area contributed by atoms with Crippen LogP contribution in [0.4, 0.5) is 18.9 Å². The zero-order valence-corrected chi connectivity index (χ0v) is 14.9. The molecular weight excluding hydrogens is 371 g/mol. The highest BCUT2D eigenvalue weighted by Crippen LogP contribution is 2.33. The molecule has 0 bridgehead atoms. The number of nitrogens with zero attached hydrogens (tertiary/aromatic N) is 2. The van der Waals surface area contributed by atoms with Crippen LogP contribution in [0.15, 0.2) is 36.7 Å². The van der Waals surface area contributed by atoms with Gasteiger partial charge < -0.3 is 5.32 Å². The van der Waals surface area contributed by atoms with Gasteiger partial charge in [0.1, 0.15) is 5.75 Å². The van der Waals surface area contributed by atoms with Crippen molar-refractivity contribution in [2.45, 2.75) is 20.0 Å². The molecule has 2 aromatic rings. The van der Waals surface area contributed by atoms with Crippen LogP contribution in [0.2, 0.25) is 0 Å². The van der Waals surface area contributed by atoms with Gasteiger partial charge in [-0.3, -0.25) is 4.79 Å². The summed E-state index contributed by atoms with van der Waals surface area (Å²) < 4.78 is 64.0. The molecule has 0 saturated carbocycles.